The molecule has 2 N–H and O–H groups in total. The molecule has 0 bridgehead atoms. The Labute approximate surface area is 116 Å². The van der Waals surface area contributed by atoms with E-state index in [1.165, 1.54) is 6.92 Å². The van der Waals surface area contributed by atoms with Crippen molar-refractivity contribution in [3.05, 3.63) is 34.3 Å². The van der Waals surface area contributed by atoms with Gasteiger partial charge in [0.2, 0.25) is 17.5 Å². The fourth-order valence-electron chi connectivity index (χ4n) is 1.30. The van der Waals surface area contributed by atoms with Crippen LogP contribution in [0.1, 0.15) is 17.3 Å². The molecule has 8 heteroatoms. The van der Waals surface area contributed by atoms with Gasteiger partial charge in [-0.2, -0.15) is 0 Å². The minimum atomic E-state index is -0.380. The van der Waals surface area contributed by atoms with Gasteiger partial charge in [0, 0.05) is 17.0 Å². The molecule has 0 spiro atoms. The fourth-order valence-corrected chi connectivity index (χ4v) is 1.56. The molecule has 2 amide bonds. The van der Waals surface area contributed by atoms with Crippen molar-refractivity contribution >= 4 is 39.4 Å². The van der Waals surface area contributed by atoms with E-state index in [4.69, 9.17) is 0 Å². The topological polar surface area (TPSA) is 97.1 Å². The summed E-state index contributed by atoms with van der Waals surface area (Å²) >= 11 is 3.28. The predicted molar refractivity (Wildman–Crippen MR) is 70.7 cm³/mol. The lowest BCUT2D eigenvalue weighted by molar-refractivity contribution is -0.114. The van der Waals surface area contributed by atoms with Gasteiger partial charge in [-0.05, 0) is 34.6 Å². The van der Waals surface area contributed by atoms with Crippen LogP contribution in [0, 0.1) is 0 Å². The minimum Gasteiger partial charge on any atom is -0.305 e. The van der Waals surface area contributed by atoms with Gasteiger partial charge in [-0.3, -0.25) is 9.59 Å². The van der Waals surface area contributed by atoms with Crippen molar-refractivity contribution < 1.29 is 14.2 Å². The van der Waals surface area contributed by atoms with E-state index in [1.807, 2.05) is 0 Å². The van der Waals surface area contributed by atoms with E-state index in [0.29, 0.717) is 5.56 Å². The Hall–Kier alpha value is -2.22. The molecule has 0 saturated carbocycles. The second-order valence-corrected chi connectivity index (χ2v) is 4.52. The van der Waals surface area contributed by atoms with Crippen molar-refractivity contribution in [2.45, 2.75) is 6.92 Å². The third kappa shape index (κ3) is 3.38. The van der Waals surface area contributed by atoms with Crippen LogP contribution in [-0.4, -0.2) is 22.1 Å². The van der Waals surface area contributed by atoms with Crippen LogP contribution in [0.4, 0.5) is 11.6 Å². The first-order valence-corrected chi connectivity index (χ1v) is 6.02. The summed E-state index contributed by atoms with van der Waals surface area (Å²) in [4.78, 5) is 22.8. The number of amides is 2. The highest BCUT2D eigenvalue weighted by Crippen LogP contribution is 2.17. The second-order valence-electron chi connectivity index (χ2n) is 3.60. The maximum atomic E-state index is 11.9. The van der Waals surface area contributed by atoms with Gasteiger partial charge >= 0.3 is 0 Å². The van der Waals surface area contributed by atoms with Crippen molar-refractivity contribution in [2.24, 2.45) is 0 Å². The van der Waals surface area contributed by atoms with E-state index in [0.717, 1.165) is 4.47 Å². The molecule has 0 saturated heterocycles. The number of carbonyl (C=O) groups is 2. The van der Waals surface area contributed by atoms with E-state index >= 15 is 0 Å². The van der Waals surface area contributed by atoms with E-state index in [9.17, 15) is 9.59 Å². The average molecular weight is 325 g/mol. The lowest BCUT2D eigenvalue weighted by Crippen LogP contribution is -2.15. The van der Waals surface area contributed by atoms with Crippen LogP contribution in [-0.2, 0) is 4.79 Å². The molecule has 98 valence electrons. The van der Waals surface area contributed by atoms with E-state index < -0.39 is 0 Å². The van der Waals surface area contributed by atoms with Crippen molar-refractivity contribution in [1.29, 1.82) is 0 Å². The number of hydrogen-bond donors (Lipinski definition) is 2. The Balaban J connectivity index is 2.13. The van der Waals surface area contributed by atoms with Crippen LogP contribution in [0.3, 0.4) is 0 Å². The number of aromatic nitrogens is 2. The molecular formula is C11H9BrN4O3. The van der Waals surface area contributed by atoms with E-state index in [1.54, 1.807) is 24.3 Å². The van der Waals surface area contributed by atoms with E-state index in [2.05, 4.69) is 41.5 Å². The molecule has 0 radical (unpaired) electrons. The third-order valence-electron chi connectivity index (χ3n) is 2.12. The lowest BCUT2D eigenvalue weighted by Gasteiger charge is -2.03. The van der Waals surface area contributed by atoms with E-state index in [-0.39, 0.29) is 23.5 Å². The molecule has 0 fully saturated rings. The van der Waals surface area contributed by atoms with Gasteiger partial charge in [0.15, 0.2) is 0 Å². The Morgan fingerprint density at radius 1 is 1.11 bits per heavy atom. The molecular weight excluding hydrogens is 316 g/mol. The first-order chi connectivity index (χ1) is 9.06. The number of carbonyl (C=O) groups excluding carboxylic acids is 2. The molecule has 19 heavy (non-hydrogen) atoms. The molecule has 0 unspecified atom stereocenters. The first-order valence-electron chi connectivity index (χ1n) is 5.23. The zero-order chi connectivity index (χ0) is 13.8. The van der Waals surface area contributed by atoms with Crippen molar-refractivity contribution in [1.82, 2.24) is 10.3 Å². The number of rotatable bonds is 3. The van der Waals surface area contributed by atoms with Gasteiger partial charge in [-0.1, -0.05) is 15.9 Å². The molecule has 1 aromatic heterocycles. The highest BCUT2D eigenvalue weighted by atomic mass is 79.9. The van der Waals surface area contributed by atoms with Crippen LogP contribution >= 0.6 is 15.9 Å². The number of benzene rings is 1. The molecule has 7 nitrogen and oxygen atoms in total. The average Bonchev–Trinajstić information content (AvgIpc) is 2.76. The summed E-state index contributed by atoms with van der Waals surface area (Å²) in [7, 11) is 0. The minimum absolute atomic E-state index is 0.0584. The number of anilines is 2. The van der Waals surface area contributed by atoms with Gasteiger partial charge in [-0.15, -0.1) is 0 Å². The van der Waals surface area contributed by atoms with Gasteiger partial charge in [0.25, 0.3) is 5.91 Å². The number of nitrogens with one attached hydrogen (secondary N) is 2. The second kappa shape index (κ2) is 5.61. The normalized spacial score (nSPS) is 10.0. The molecule has 1 aromatic carbocycles. The maximum absolute atomic E-state index is 11.9. The van der Waals surface area contributed by atoms with Crippen molar-refractivity contribution in [2.75, 3.05) is 10.6 Å². The molecule has 0 aliphatic heterocycles. The SMILES string of the molecule is CC(=O)Nc1nonc1NC(=O)c1ccc(Br)cc1. The summed E-state index contributed by atoms with van der Waals surface area (Å²) < 4.78 is 5.33. The largest absolute Gasteiger partial charge is 0.305 e. The standard InChI is InChI=1S/C11H9BrN4O3/c1-6(17)13-9-10(16-19-15-9)14-11(18)7-2-4-8(12)5-3-7/h2-5H,1H3,(H,13,15,17)(H,14,16,18). The highest BCUT2D eigenvalue weighted by Gasteiger charge is 2.15. The summed E-state index contributed by atoms with van der Waals surface area (Å²) in [6, 6.07) is 6.77. The van der Waals surface area contributed by atoms with Gasteiger partial charge in [0.05, 0.1) is 0 Å². The highest BCUT2D eigenvalue weighted by molar-refractivity contribution is 9.10. The Bertz CT molecular complexity index is 609. The van der Waals surface area contributed by atoms with Gasteiger partial charge in [0.1, 0.15) is 0 Å². The maximum Gasteiger partial charge on any atom is 0.257 e. The smallest absolute Gasteiger partial charge is 0.257 e. The summed E-state index contributed by atoms with van der Waals surface area (Å²) in [5, 5.41) is 11.9. The van der Waals surface area contributed by atoms with Gasteiger partial charge < -0.3 is 10.6 Å². The van der Waals surface area contributed by atoms with Crippen molar-refractivity contribution in [3.63, 3.8) is 0 Å². The molecule has 2 aromatic rings. The Morgan fingerprint density at radius 2 is 1.68 bits per heavy atom. The summed E-state index contributed by atoms with van der Waals surface area (Å²) in [6.07, 6.45) is 0. The first kappa shape index (κ1) is 13.2. The monoisotopic (exact) mass is 324 g/mol. The molecule has 0 aliphatic rings. The summed E-state index contributed by atoms with van der Waals surface area (Å²) in [5.41, 5.74) is 0.444. The molecule has 1 heterocycles. The molecule has 0 aliphatic carbocycles. The number of halogens is 1. The van der Waals surface area contributed by atoms with Crippen LogP contribution < -0.4 is 10.6 Å². The van der Waals surface area contributed by atoms with Crippen LogP contribution in [0.15, 0.2) is 33.4 Å². The zero-order valence-corrected chi connectivity index (χ0v) is 11.4. The lowest BCUT2D eigenvalue weighted by atomic mass is 10.2. The van der Waals surface area contributed by atoms with Crippen LogP contribution in [0.25, 0.3) is 0 Å². The number of nitrogens with zero attached hydrogens (tertiary/aromatic N) is 2. The fraction of sp³-hybridized carbons (Fsp3) is 0.0909. The summed E-state index contributed by atoms with van der Waals surface area (Å²) in [5.74, 6) is -0.592. The zero-order valence-electron chi connectivity index (χ0n) is 9.81. The van der Waals surface area contributed by atoms with Gasteiger partial charge in [-0.25, -0.2) is 4.63 Å². The Morgan fingerprint density at radius 3 is 2.26 bits per heavy atom. The molecule has 0 atom stereocenters. The van der Waals surface area contributed by atoms with Crippen LogP contribution in [0.5, 0.6) is 0 Å². The Kier molecular flexibility index (Phi) is 3.91. The quantitative estimate of drug-likeness (QED) is 0.900. The molecule has 2 rings (SSSR count). The van der Waals surface area contributed by atoms with Crippen LogP contribution in [0.2, 0.25) is 0 Å². The third-order valence-corrected chi connectivity index (χ3v) is 2.65. The van der Waals surface area contributed by atoms with Crippen molar-refractivity contribution in [3.8, 4) is 0 Å². The predicted octanol–water partition coefficient (Wildman–Crippen LogP) is 2.04. The summed E-state index contributed by atoms with van der Waals surface area (Å²) in [6.45, 7) is 1.31. The number of hydrogen-bond acceptors (Lipinski definition) is 5.